The van der Waals surface area contributed by atoms with E-state index in [4.69, 9.17) is 9.47 Å². The van der Waals surface area contributed by atoms with Crippen molar-refractivity contribution in [3.8, 4) is 0 Å². The third-order valence-corrected chi connectivity index (χ3v) is 7.93. The molecule has 1 fully saturated rings. The van der Waals surface area contributed by atoms with Gasteiger partial charge in [-0.2, -0.15) is 0 Å². The van der Waals surface area contributed by atoms with E-state index in [2.05, 4.69) is 49.5 Å². The normalized spacial score (nSPS) is 25.3. The number of ether oxygens (including phenoxy) is 2. The summed E-state index contributed by atoms with van der Waals surface area (Å²) in [6.45, 7) is 10.9. The molecule has 204 valence electrons. The van der Waals surface area contributed by atoms with Crippen LogP contribution in [-0.4, -0.2) is 29.8 Å². The molecule has 1 N–H and O–H groups in total. The Bertz CT molecular complexity index is 785. The fourth-order valence-electron chi connectivity index (χ4n) is 4.92. The number of alkyl carbamates (subject to hydrolysis) is 1. The van der Waals surface area contributed by atoms with Crippen LogP contribution in [0.15, 0.2) is 36.0 Å². The number of nitrogens with one attached hydrogen (secondary N) is 1. The van der Waals surface area contributed by atoms with Crippen molar-refractivity contribution >= 4 is 12.1 Å². The standard InChI is InChI=1S/C31H51NO4/c1-6-23-32-29(34)36-31(5,8-3)21-15-11-14-20-28(33)35-30(4,7-2)22-16-19-25-17-12-9-10-13-18-26-24-27(25)26/h10,12-13,17-18,25,27H,6-9,11,14-16,19-24H2,1-5H3,(H,32,34)/b13-10-,17-12-,26-18-. The summed E-state index contributed by atoms with van der Waals surface area (Å²) in [5, 5.41) is 2.78. The molecule has 4 unspecified atom stereocenters. The van der Waals surface area contributed by atoms with Gasteiger partial charge in [0.1, 0.15) is 11.2 Å². The maximum Gasteiger partial charge on any atom is 0.407 e. The van der Waals surface area contributed by atoms with Crippen LogP contribution in [0.3, 0.4) is 0 Å². The van der Waals surface area contributed by atoms with Gasteiger partial charge in [-0.3, -0.25) is 4.79 Å². The van der Waals surface area contributed by atoms with E-state index < -0.39 is 5.60 Å². The molecule has 1 amide bonds. The van der Waals surface area contributed by atoms with Gasteiger partial charge in [-0.05, 0) is 96.3 Å². The molecule has 0 aromatic heterocycles. The first-order chi connectivity index (χ1) is 17.2. The quantitative estimate of drug-likeness (QED) is 0.131. The van der Waals surface area contributed by atoms with Gasteiger partial charge in [-0.1, -0.05) is 63.1 Å². The molecule has 0 aromatic rings. The van der Waals surface area contributed by atoms with Crippen molar-refractivity contribution in [3.05, 3.63) is 36.0 Å². The molecule has 0 aliphatic heterocycles. The molecule has 4 atom stereocenters. The number of unbranched alkanes of at least 4 members (excludes halogenated alkanes) is 2. The van der Waals surface area contributed by atoms with Gasteiger partial charge in [0.25, 0.3) is 0 Å². The number of rotatable bonds is 16. The zero-order chi connectivity index (χ0) is 26.4. The number of carbonyl (C=O) groups excluding carboxylic acids is 2. The predicted octanol–water partition coefficient (Wildman–Crippen LogP) is 8.20. The van der Waals surface area contributed by atoms with Crippen LogP contribution in [0.2, 0.25) is 0 Å². The monoisotopic (exact) mass is 501 g/mol. The number of hydrogen-bond acceptors (Lipinski definition) is 4. The molecule has 0 heterocycles. The molecule has 0 aromatic carbocycles. The summed E-state index contributed by atoms with van der Waals surface area (Å²) in [5.74, 6) is 1.24. The largest absolute Gasteiger partial charge is 0.459 e. The SMILES string of the molecule is CCCNC(=O)OC(C)(CC)CCCCCC(=O)OC(C)(CC)CCCC1/C=C\C/C=C\C=C2\CC21. The van der Waals surface area contributed by atoms with Gasteiger partial charge in [0.05, 0.1) is 0 Å². The van der Waals surface area contributed by atoms with Crippen LogP contribution in [0.5, 0.6) is 0 Å². The van der Waals surface area contributed by atoms with E-state index in [-0.39, 0.29) is 17.7 Å². The lowest BCUT2D eigenvalue weighted by atomic mass is 9.90. The van der Waals surface area contributed by atoms with Crippen LogP contribution in [-0.2, 0) is 14.3 Å². The van der Waals surface area contributed by atoms with Crippen LogP contribution >= 0.6 is 0 Å². The fourth-order valence-corrected chi connectivity index (χ4v) is 4.92. The summed E-state index contributed by atoms with van der Waals surface area (Å²) < 4.78 is 11.6. The summed E-state index contributed by atoms with van der Waals surface area (Å²) in [6, 6.07) is 0. The summed E-state index contributed by atoms with van der Waals surface area (Å²) in [5.41, 5.74) is 0.735. The molecule has 0 spiro atoms. The highest BCUT2D eigenvalue weighted by atomic mass is 16.6. The molecule has 36 heavy (non-hydrogen) atoms. The highest BCUT2D eigenvalue weighted by Gasteiger charge is 2.36. The van der Waals surface area contributed by atoms with Crippen molar-refractivity contribution in [2.45, 2.75) is 129 Å². The Morgan fingerprint density at radius 2 is 1.69 bits per heavy atom. The van der Waals surface area contributed by atoms with Gasteiger partial charge in [0.15, 0.2) is 0 Å². The lowest BCUT2D eigenvalue weighted by Gasteiger charge is -2.29. The minimum Gasteiger partial charge on any atom is -0.459 e. The zero-order valence-electron chi connectivity index (χ0n) is 23.6. The zero-order valence-corrected chi connectivity index (χ0v) is 23.6. The summed E-state index contributed by atoms with van der Waals surface area (Å²) in [6.07, 6.45) is 22.9. The van der Waals surface area contributed by atoms with Crippen LogP contribution in [0.25, 0.3) is 0 Å². The second-order valence-electron chi connectivity index (χ2n) is 11.2. The molecule has 2 aliphatic rings. The maximum absolute atomic E-state index is 12.6. The lowest BCUT2D eigenvalue weighted by Crippen LogP contribution is -2.36. The molecule has 5 heteroatoms. The number of allylic oxidation sites excluding steroid dienone is 6. The molecule has 0 bridgehead atoms. The Morgan fingerprint density at radius 3 is 2.42 bits per heavy atom. The Labute approximate surface area is 220 Å². The van der Waals surface area contributed by atoms with Gasteiger partial charge < -0.3 is 14.8 Å². The van der Waals surface area contributed by atoms with Crippen molar-refractivity contribution in [2.75, 3.05) is 6.54 Å². The van der Waals surface area contributed by atoms with Gasteiger partial charge >= 0.3 is 12.1 Å². The van der Waals surface area contributed by atoms with E-state index in [1.54, 1.807) is 5.57 Å². The van der Waals surface area contributed by atoms with Gasteiger partial charge in [-0.15, -0.1) is 0 Å². The minimum atomic E-state index is -0.461. The molecule has 0 saturated heterocycles. The smallest absolute Gasteiger partial charge is 0.407 e. The summed E-state index contributed by atoms with van der Waals surface area (Å²) in [7, 11) is 0. The first-order valence-corrected chi connectivity index (χ1v) is 14.4. The number of esters is 1. The Morgan fingerprint density at radius 1 is 0.972 bits per heavy atom. The third kappa shape index (κ3) is 10.9. The highest BCUT2D eigenvalue weighted by Crippen LogP contribution is 2.46. The van der Waals surface area contributed by atoms with E-state index in [0.717, 1.165) is 70.6 Å². The van der Waals surface area contributed by atoms with E-state index >= 15 is 0 Å². The minimum absolute atomic E-state index is 0.0892. The van der Waals surface area contributed by atoms with E-state index in [9.17, 15) is 9.59 Å². The van der Waals surface area contributed by atoms with Crippen LogP contribution in [0.4, 0.5) is 4.79 Å². The number of fused-ring (bicyclic) bond motifs is 1. The van der Waals surface area contributed by atoms with Crippen molar-refractivity contribution in [3.63, 3.8) is 0 Å². The summed E-state index contributed by atoms with van der Waals surface area (Å²) in [4.78, 5) is 24.5. The van der Waals surface area contributed by atoms with Crippen molar-refractivity contribution < 1.29 is 19.1 Å². The number of amides is 1. The predicted molar refractivity (Wildman–Crippen MR) is 148 cm³/mol. The second-order valence-corrected chi connectivity index (χ2v) is 11.2. The molecular weight excluding hydrogens is 450 g/mol. The average molecular weight is 502 g/mol. The first kappa shape index (κ1) is 30.2. The van der Waals surface area contributed by atoms with E-state index in [1.165, 1.54) is 6.42 Å². The summed E-state index contributed by atoms with van der Waals surface area (Å²) >= 11 is 0. The van der Waals surface area contributed by atoms with Crippen LogP contribution < -0.4 is 5.32 Å². The highest BCUT2D eigenvalue weighted by molar-refractivity contribution is 5.69. The average Bonchev–Trinajstić information content (AvgIpc) is 3.61. The topological polar surface area (TPSA) is 64.6 Å². The van der Waals surface area contributed by atoms with Gasteiger partial charge in [0.2, 0.25) is 0 Å². The second kappa shape index (κ2) is 15.3. The van der Waals surface area contributed by atoms with E-state index in [1.807, 2.05) is 20.8 Å². The Hall–Kier alpha value is -2.04. The third-order valence-electron chi connectivity index (χ3n) is 7.93. The molecule has 0 radical (unpaired) electrons. The molecule has 2 aliphatic carbocycles. The number of carbonyl (C=O) groups is 2. The van der Waals surface area contributed by atoms with Crippen LogP contribution in [0.1, 0.15) is 118 Å². The fraction of sp³-hybridized carbons (Fsp3) is 0.742. The molecule has 1 saturated carbocycles. The van der Waals surface area contributed by atoms with E-state index in [0.29, 0.717) is 24.8 Å². The Balaban J connectivity index is 1.66. The van der Waals surface area contributed by atoms with Crippen molar-refractivity contribution in [1.29, 1.82) is 0 Å². The van der Waals surface area contributed by atoms with Crippen LogP contribution in [0, 0.1) is 11.8 Å². The Kier molecular flexibility index (Phi) is 12.8. The van der Waals surface area contributed by atoms with Gasteiger partial charge in [0, 0.05) is 13.0 Å². The molecule has 5 nitrogen and oxygen atoms in total. The lowest BCUT2D eigenvalue weighted by molar-refractivity contribution is -0.159. The maximum atomic E-state index is 12.6. The first-order valence-electron chi connectivity index (χ1n) is 14.4. The molecular formula is C31H51NO4. The molecule has 2 rings (SSSR count). The van der Waals surface area contributed by atoms with Gasteiger partial charge in [-0.25, -0.2) is 4.79 Å². The van der Waals surface area contributed by atoms with Crippen molar-refractivity contribution in [1.82, 2.24) is 5.32 Å². The van der Waals surface area contributed by atoms with Crippen molar-refractivity contribution in [2.24, 2.45) is 11.8 Å². The number of hydrogen-bond donors (Lipinski definition) is 1.